The van der Waals surface area contributed by atoms with Crippen LogP contribution in [0.3, 0.4) is 0 Å². The van der Waals surface area contributed by atoms with Crippen LogP contribution in [0.4, 0.5) is 0 Å². The quantitative estimate of drug-likeness (QED) is 0.469. The van der Waals surface area contributed by atoms with E-state index in [1.54, 1.807) is 18.2 Å². The fourth-order valence-corrected chi connectivity index (χ4v) is 3.60. The zero-order valence-electron chi connectivity index (χ0n) is 18.1. The molecule has 0 radical (unpaired) electrons. The van der Waals surface area contributed by atoms with Crippen molar-refractivity contribution in [1.82, 2.24) is 5.32 Å². The summed E-state index contributed by atoms with van der Waals surface area (Å²) in [5.41, 5.74) is 2.69. The molecule has 0 bridgehead atoms. The van der Waals surface area contributed by atoms with Crippen LogP contribution in [0.5, 0.6) is 5.75 Å². The van der Waals surface area contributed by atoms with E-state index >= 15 is 0 Å². The number of rotatable bonds is 9. The standard InChI is InChI=1S/C26H26ClNO4/c1-18(21-11-7-4-8-12-21)32-24-14-13-20(15-22(24)27)17-25(29)28-23(26(30)31-2)16-19-9-5-3-6-10-19/h3-15,18,23H,16-17H2,1-2H3,(H,28,29)/t18?,23-/m1/s1. The minimum atomic E-state index is -0.764. The van der Waals surface area contributed by atoms with E-state index in [1.165, 1.54) is 7.11 Å². The summed E-state index contributed by atoms with van der Waals surface area (Å²) in [6, 6.07) is 23.8. The van der Waals surface area contributed by atoms with Crippen LogP contribution in [0.2, 0.25) is 5.02 Å². The second-order valence-corrected chi connectivity index (χ2v) is 7.85. The lowest BCUT2D eigenvalue weighted by atomic mass is 10.1. The van der Waals surface area contributed by atoms with E-state index in [0.717, 1.165) is 16.7 Å². The Morgan fingerprint density at radius 1 is 0.938 bits per heavy atom. The zero-order valence-corrected chi connectivity index (χ0v) is 18.8. The van der Waals surface area contributed by atoms with Gasteiger partial charge in [0, 0.05) is 6.42 Å². The first-order valence-electron chi connectivity index (χ1n) is 10.4. The molecule has 0 spiro atoms. The predicted molar refractivity (Wildman–Crippen MR) is 125 cm³/mol. The summed E-state index contributed by atoms with van der Waals surface area (Å²) in [7, 11) is 1.31. The molecule has 0 aliphatic rings. The number of ether oxygens (including phenoxy) is 2. The van der Waals surface area contributed by atoms with E-state index < -0.39 is 12.0 Å². The maximum atomic E-state index is 12.6. The highest BCUT2D eigenvalue weighted by molar-refractivity contribution is 6.32. The number of esters is 1. The Morgan fingerprint density at radius 3 is 2.22 bits per heavy atom. The molecule has 2 atom stereocenters. The van der Waals surface area contributed by atoms with Gasteiger partial charge in [-0.1, -0.05) is 78.3 Å². The van der Waals surface area contributed by atoms with Crippen molar-refractivity contribution in [3.05, 3.63) is 101 Å². The van der Waals surface area contributed by atoms with E-state index in [4.69, 9.17) is 21.1 Å². The molecule has 0 aromatic heterocycles. The first-order chi connectivity index (χ1) is 15.5. The molecule has 6 heteroatoms. The Kier molecular flexibility index (Phi) is 8.28. The monoisotopic (exact) mass is 451 g/mol. The van der Waals surface area contributed by atoms with Gasteiger partial charge in [0.1, 0.15) is 17.9 Å². The average molecular weight is 452 g/mol. The highest BCUT2D eigenvalue weighted by Crippen LogP contribution is 2.30. The van der Waals surface area contributed by atoms with Crippen LogP contribution in [-0.2, 0) is 27.2 Å². The number of nitrogens with one attached hydrogen (secondary N) is 1. The second-order valence-electron chi connectivity index (χ2n) is 7.45. The molecule has 0 fully saturated rings. The van der Waals surface area contributed by atoms with Crippen molar-refractivity contribution < 1.29 is 19.1 Å². The molecule has 5 nitrogen and oxygen atoms in total. The van der Waals surface area contributed by atoms with E-state index in [1.807, 2.05) is 67.6 Å². The Hall–Kier alpha value is -3.31. The Labute approximate surface area is 193 Å². The van der Waals surface area contributed by atoms with Gasteiger partial charge in [-0.15, -0.1) is 0 Å². The fraction of sp³-hybridized carbons (Fsp3) is 0.231. The third-order valence-electron chi connectivity index (χ3n) is 5.04. The van der Waals surface area contributed by atoms with E-state index in [0.29, 0.717) is 17.2 Å². The van der Waals surface area contributed by atoms with Crippen molar-refractivity contribution >= 4 is 23.5 Å². The summed E-state index contributed by atoms with van der Waals surface area (Å²) < 4.78 is 10.8. The summed E-state index contributed by atoms with van der Waals surface area (Å²) in [4.78, 5) is 24.7. The van der Waals surface area contributed by atoms with Crippen molar-refractivity contribution in [2.75, 3.05) is 7.11 Å². The summed E-state index contributed by atoms with van der Waals surface area (Å²) in [5.74, 6) is -0.235. The average Bonchev–Trinajstić information content (AvgIpc) is 2.81. The molecule has 32 heavy (non-hydrogen) atoms. The van der Waals surface area contributed by atoms with Crippen LogP contribution in [0.1, 0.15) is 29.7 Å². The minimum Gasteiger partial charge on any atom is -0.484 e. The van der Waals surface area contributed by atoms with Gasteiger partial charge in [0.15, 0.2) is 0 Å². The van der Waals surface area contributed by atoms with Crippen molar-refractivity contribution in [1.29, 1.82) is 0 Å². The van der Waals surface area contributed by atoms with Gasteiger partial charge in [0.2, 0.25) is 5.91 Å². The lowest BCUT2D eigenvalue weighted by Crippen LogP contribution is -2.43. The molecular weight excluding hydrogens is 426 g/mol. The van der Waals surface area contributed by atoms with Gasteiger partial charge in [-0.25, -0.2) is 4.79 Å². The molecule has 3 rings (SSSR count). The Morgan fingerprint density at radius 2 is 1.59 bits per heavy atom. The number of hydrogen-bond donors (Lipinski definition) is 1. The van der Waals surface area contributed by atoms with E-state index in [9.17, 15) is 9.59 Å². The third kappa shape index (κ3) is 6.59. The molecule has 0 saturated carbocycles. The van der Waals surface area contributed by atoms with Crippen LogP contribution in [0.25, 0.3) is 0 Å². The lowest BCUT2D eigenvalue weighted by molar-refractivity contribution is -0.145. The minimum absolute atomic E-state index is 0.0799. The number of carbonyl (C=O) groups is 2. The molecule has 0 heterocycles. The molecule has 3 aromatic rings. The number of amides is 1. The molecule has 1 unspecified atom stereocenters. The van der Waals surface area contributed by atoms with Crippen LogP contribution in [0, 0.1) is 0 Å². The van der Waals surface area contributed by atoms with Crippen LogP contribution in [-0.4, -0.2) is 25.0 Å². The first-order valence-corrected chi connectivity index (χ1v) is 10.7. The predicted octanol–water partition coefficient (Wildman–Crippen LogP) is 4.92. The van der Waals surface area contributed by atoms with Crippen molar-refractivity contribution in [3.8, 4) is 5.75 Å². The van der Waals surface area contributed by atoms with Gasteiger partial charge in [0.05, 0.1) is 18.6 Å². The maximum Gasteiger partial charge on any atom is 0.328 e. The SMILES string of the molecule is COC(=O)[C@@H](Cc1ccccc1)NC(=O)Cc1ccc(OC(C)c2ccccc2)c(Cl)c1. The molecule has 0 aliphatic heterocycles. The lowest BCUT2D eigenvalue weighted by Gasteiger charge is -2.18. The second kappa shape index (κ2) is 11.3. The summed E-state index contributed by atoms with van der Waals surface area (Å²) in [6.07, 6.45) is 0.266. The number of hydrogen-bond acceptors (Lipinski definition) is 4. The zero-order chi connectivity index (χ0) is 22.9. The number of benzene rings is 3. The molecule has 1 N–H and O–H groups in total. The fourth-order valence-electron chi connectivity index (χ4n) is 3.35. The largest absolute Gasteiger partial charge is 0.484 e. The van der Waals surface area contributed by atoms with Crippen molar-refractivity contribution in [3.63, 3.8) is 0 Å². The normalized spacial score (nSPS) is 12.5. The summed E-state index contributed by atoms with van der Waals surface area (Å²) >= 11 is 6.40. The van der Waals surface area contributed by atoms with Gasteiger partial charge < -0.3 is 14.8 Å². The maximum absolute atomic E-state index is 12.6. The van der Waals surface area contributed by atoms with Crippen LogP contribution >= 0.6 is 11.6 Å². The van der Waals surface area contributed by atoms with Crippen LogP contribution < -0.4 is 10.1 Å². The number of carbonyl (C=O) groups excluding carboxylic acids is 2. The van der Waals surface area contributed by atoms with E-state index in [2.05, 4.69) is 5.32 Å². The van der Waals surface area contributed by atoms with Gasteiger partial charge in [0.25, 0.3) is 0 Å². The van der Waals surface area contributed by atoms with Crippen molar-refractivity contribution in [2.24, 2.45) is 0 Å². The molecule has 1 amide bonds. The van der Waals surface area contributed by atoms with Gasteiger partial charge in [-0.3, -0.25) is 4.79 Å². The highest BCUT2D eigenvalue weighted by Gasteiger charge is 2.22. The first kappa shape index (κ1) is 23.4. The molecule has 0 saturated heterocycles. The molecular formula is C26H26ClNO4. The Balaban J connectivity index is 1.62. The molecule has 0 aliphatic carbocycles. The van der Waals surface area contributed by atoms with Gasteiger partial charge in [-0.05, 0) is 35.7 Å². The smallest absolute Gasteiger partial charge is 0.328 e. The number of methoxy groups -OCH3 is 1. The van der Waals surface area contributed by atoms with Crippen molar-refractivity contribution in [2.45, 2.75) is 31.9 Å². The third-order valence-corrected chi connectivity index (χ3v) is 5.33. The topological polar surface area (TPSA) is 64.6 Å². The van der Waals surface area contributed by atoms with Gasteiger partial charge >= 0.3 is 5.97 Å². The number of halogens is 1. The van der Waals surface area contributed by atoms with Crippen LogP contribution in [0.15, 0.2) is 78.9 Å². The molecule has 166 valence electrons. The molecule has 3 aromatic carbocycles. The summed E-state index contributed by atoms with van der Waals surface area (Å²) in [5, 5.41) is 3.19. The Bertz CT molecular complexity index is 1040. The summed E-state index contributed by atoms with van der Waals surface area (Å²) in [6.45, 7) is 1.95. The van der Waals surface area contributed by atoms with E-state index in [-0.39, 0.29) is 18.4 Å². The van der Waals surface area contributed by atoms with Gasteiger partial charge in [-0.2, -0.15) is 0 Å². The highest BCUT2D eigenvalue weighted by atomic mass is 35.5.